The van der Waals surface area contributed by atoms with Crippen molar-refractivity contribution in [3.8, 4) is 6.07 Å². The Balaban J connectivity index is 2.04. The molecule has 1 N–H and O–H groups in total. The minimum Gasteiger partial charge on any atom is -0.467 e. The van der Waals surface area contributed by atoms with Gasteiger partial charge in [-0.3, -0.25) is 9.78 Å². The minimum atomic E-state index is -0.435. The number of nitrogens with one attached hydrogen (secondary N) is 1. The van der Waals surface area contributed by atoms with Gasteiger partial charge in [-0.25, -0.2) is 0 Å². The van der Waals surface area contributed by atoms with Gasteiger partial charge in [0, 0.05) is 12.4 Å². The molecule has 0 atom stereocenters. The normalized spacial score (nSPS) is 10.8. The number of hydrogen-bond donors (Lipinski definition) is 1. The van der Waals surface area contributed by atoms with E-state index in [2.05, 4.69) is 10.3 Å². The van der Waals surface area contributed by atoms with Gasteiger partial charge in [-0.15, -0.1) is 0 Å². The van der Waals surface area contributed by atoms with E-state index < -0.39 is 5.91 Å². The molecule has 2 aromatic rings. The van der Waals surface area contributed by atoms with Crippen LogP contribution in [-0.2, 0) is 11.3 Å². The third-order valence-electron chi connectivity index (χ3n) is 2.39. The Labute approximate surface area is 110 Å². The molecule has 0 fully saturated rings. The number of carbonyl (C=O) groups excluding carboxylic acids is 1. The molecule has 19 heavy (non-hydrogen) atoms. The Hall–Kier alpha value is -2.87. The summed E-state index contributed by atoms with van der Waals surface area (Å²) in [5, 5.41) is 11.6. The molecule has 94 valence electrons. The zero-order valence-electron chi connectivity index (χ0n) is 10.0. The van der Waals surface area contributed by atoms with Crippen LogP contribution in [0.1, 0.15) is 11.3 Å². The molecule has 1 amide bonds. The third-order valence-corrected chi connectivity index (χ3v) is 2.39. The second kappa shape index (κ2) is 6.17. The predicted octanol–water partition coefficient (Wildman–Crippen LogP) is 1.90. The molecule has 0 spiro atoms. The van der Waals surface area contributed by atoms with Gasteiger partial charge in [-0.1, -0.05) is 0 Å². The first kappa shape index (κ1) is 12.6. The van der Waals surface area contributed by atoms with Gasteiger partial charge in [-0.05, 0) is 35.9 Å². The van der Waals surface area contributed by atoms with Gasteiger partial charge in [0.2, 0.25) is 0 Å². The Kier molecular flexibility index (Phi) is 4.09. The fourth-order valence-corrected chi connectivity index (χ4v) is 1.45. The highest BCUT2D eigenvalue weighted by molar-refractivity contribution is 6.01. The van der Waals surface area contributed by atoms with E-state index in [-0.39, 0.29) is 12.1 Å². The Morgan fingerprint density at radius 3 is 2.84 bits per heavy atom. The Bertz CT molecular complexity index is 610. The molecule has 2 aromatic heterocycles. The highest BCUT2D eigenvalue weighted by atomic mass is 16.3. The number of aromatic nitrogens is 1. The summed E-state index contributed by atoms with van der Waals surface area (Å²) in [6.45, 7) is 0.251. The summed E-state index contributed by atoms with van der Waals surface area (Å²) in [5.74, 6) is 0.199. The average molecular weight is 253 g/mol. The SMILES string of the molecule is N#CC(=Cc1ccncc1)C(=O)NCc1ccco1. The van der Waals surface area contributed by atoms with E-state index in [4.69, 9.17) is 9.68 Å². The second-order valence-electron chi connectivity index (χ2n) is 3.71. The number of nitrogens with zero attached hydrogens (tertiary/aromatic N) is 2. The summed E-state index contributed by atoms with van der Waals surface area (Å²) < 4.78 is 5.09. The molecule has 0 radical (unpaired) electrons. The number of rotatable bonds is 4. The third kappa shape index (κ3) is 3.54. The monoisotopic (exact) mass is 253 g/mol. The van der Waals surface area contributed by atoms with E-state index >= 15 is 0 Å². The average Bonchev–Trinajstić information content (AvgIpc) is 2.96. The van der Waals surface area contributed by atoms with Crippen molar-refractivity contribution in [2.45, 2.75) is 6.54 Å². The van der Waals surface area contributed by atoms with Crippen LogP contribution >= 0.6 is 0 Å². The van der Waals surface area contributed by atoms with Crippen LogP contribution in [0.25, 0.3) is 6.08 Å². The molecule has 5 heteroatoms. The molecular weight excluding hydrogens is 242 g/mol. The molecule has 2 rings (SSSR count). The molecule has 0 aliphatic rings. The minimum absolute atomic E-state index is 0.0396. The maximum Gasteiger partial charge on any atom is 0.262 e. The van der Waals surface area contributed by atoms with Crippen molar-refractivity contribution in [2.75, 3.05) is 0 Å². The number of nitriles is 1. The molecule has 0 aliphatic heterocycles. The lowest BCUT2D eigenvalue weighted by Crippen LogP contribution is -2.23. The van der Waals surface area contributed by atoms with Crippen molar-refractivity contribution >= 4 is 12.0 Å². The summed E-state index contributed by atoms with van der Waals surface area (Å²) >= 11 is 0. The summed E-state index contributed by atoms with van der Waals surface area (Å²) in [5.41, 5.74) is 0.789. The number of pyridine rings is 1. The molecule has 0 aromatic carbocycles. The molecule has 0 saturated carbocycles. The van der Waals surface area contributed by atoms with E-state index in [1.807, 2.05) is 6.07 Å². The van der Waals surface area contributed by atoms with Crippen LogP contribution in [-0.4, -0.2) is 10.9 Å². The molecule has 0 bridgehead atoms. The molecule has 0 aliphatic carbocycles. The van der Waals surface area contributed by atoms with Gasteiger partial charge in [0.15, 0.2) is 0 Å². The molecule has 0 unspecified atom stereocenters. The van der Waals surface area contributed by atoms with Crippen molar-refractivity contribution in [3.05, 3.63) is 59.8 Å². The summed E-state index contributed by atoms with van der Waals surface area (Å²) in [7, 11) is 0. The summed E-state index contributed by atoms with van der Waals surface area (Å²) in [6.07, 6.45) is 6.24. The number of hydrogen-bond acceptors (Lipinski definition) is 4. The fourth-order valence-electron chi connectivity index (χ4n) is 1.45. The van der Waals surface area contributed by atoms with E-state index in [0.717, 1.165) is 5.56 Å². The molecule has 5 nitrogen and oxygen atoms in total. The first-order valence-electron chi connectivity index (χ1n) is 5.62. The largest absolute Gasteiger partial charge is 0.467 e. The standard InChI is InChI=1S/C14H11N3O2/c15-9-12(8-11-3-5-16-6-4-11)14(18)17-10-13-2-1-7-19-13/h1-8H,10H2,(H,17,18). The van der Waals surface area contributed by atoms with Gasteiger partial charge in [0.05, 0.1) is 12.8 Å². The van der Waals surface area contributed by atoms with Crippen molar-refractivity contribution in [3.63, 3.8) is 0 Å². The smallest absolute Gasteiger partial charge is 0.262 e. The van der Waals surface area contributed by atoms with Gasteiger partial charge in [0.1, 0.15) is 17.4 Å². The predicted molar refractivity (Wildman–Crippen MR) is 68.4 cm³/mol. The number of amides is 1. The van der Waals surface area contributed by atoms with Crippen LogP contribution in [0.3, 0.4) is 0 Å². The lowest BCUT2D eigenvalue weighted by atomic mass is 10.1. The van der Waals surface area contributed by atoms with E-state index in [1.54, 1.807) is 36.7 Å². The van der Waals surface area contributed by atoms with Gasteiger partial charge >= 0.3 is 0 Å². The fraction of sp³-hybridized carbons (Fsp3) is 0.0714. The zero-order chi connectivity index (χ0) is 13.5. The topological polar surface area (TPSA) is 78.9 Å². The first-order chi connectivity index (χ1) is 9.29. The van der Waals surface area contributed by atoms with Crippen molar-refractivity contribution in [2.24, 2.45) is 0 Å². The van der Waals surface area contributed by atoms with E-state index in [1.165, 1.54) is 12.3 Å². The van der Waals surface area contributed by atoms with Crippen LogP contribution < -0.4 is 5.32 Å². The van der Waals surface area contributed by atoms with Crippen molar-refractivity contribution in [1.82, 2.24) is 10.3 Å². The lowest BCUT2D eigenvalue weighted by Gasteiger charge is -2.01. The van der Waals surface area contributed by atoms with Gasteiger partial charge < -0.3 is 9.73 Å². The van der Waals surface area contributed by atoms with Crippen molar-refractivity contribution in [1.29, 1.82) is 5.26 Å². The van der Waals surface area contributed by atoms with Crippen LogP contribution in [0.2, 0.25) is 0 Å². The summed E-state index contributed by atoms with van der Waals surface area (Å²) in [6, 6.07) is 8.80. The maximum absolute atomic E-state index is 11.8. The lowest BCUT2D eigenvalue weighted by molar-refractivity contribution is -0.117. The van der Waals surface area contributed by atoms with Gasteiger partial charge in [-0.2, -0.15) is 5.26 Å². The second-order valence-corrected chi connectivity index (χ2v) is 3.71. The van der Waals surface area contributed by atoms with Crippen LogP contribution in [0, 0.1) is 11.3 Å². The van der Waals surface area contributed by atoms with Crippen LogP contribution in [0.15, 0.2) is 52.9 Å². The summed E-state index contributed by atoms with van der Waals surface area (Å²) in [4.78, 5) is 15.7. The highest BCUT2D eigenvalue weighted by Crippen LogP contribution is 2.06. The zero-order valence-corrected chi connectivity index (χ0v) is 10.0. The number of furan rings is 1. The van der Waals surface area contributed by atoms with Crippen molar-refractivity contribution < 1.29 is 9.21 Å². The van der Waals surface area contributed by atoms with Crippen LogP contribution in [0.4, 0.5) is 0 Å². The number of carbonyl (C=O) groups is 1. The molecule has 0 saturated heterocycles. The first-order valence-corrected chi connectivity index (χ1v) is 5.62. The van der Waals surface area contributed by atoms with Crippen LogP contribution in [0.5, 0.6) is 0 Å². The Morgan fingerprint density at radius 2 is 2.21 bits per heavy atom. The maximum atomic E-state index is 11.8. The Morgan fingerprint density at radius 1 is 1.42 bits per heavy atom. The highest BCUT2D eigenvalue weighted by Gasteiger charge is 2.09. The van der Waals surface area contributed by atoms with Gasteiger partial charge in [0.25, 0.3) is 5.91 Å². The van der Waals surface area contributed by atoms with E-state index in [9.17, 15) is 4.79 Å². The quantitative estimate of drug-likeness (QED) is 0.666. The molecule has 2 heterocycles. The van der Waals surface area contributed by atoms with E-state index in [0.29, 0.717) is 5.76 Å². The molecular formula is C14H11N3O2.